The molecule has 0 aromatic heterocycles. The van der Waals surface area contributed by atoms with E-state index in [0.717, 1.165) is 40.9 Å². The molecule has 0 fully saturated rings. The van der Waals surface area contributed by atoms with Crippen molar-refractivity contribution < 1.29 is 4.39 Å². The molecular weight excluding hydrogens is 313 g/mol. The maximum Gasteiger partial charge on any atom is 0.128 e. The zero-order valence-corrected chi connectivity index (χ0v) is 13.4. The van der Waals surface area contributed by atoms with Crippen LogP contribution in [0.4, 0.5) is 4.39 Å². The molecule has 0 aliphatic heterocycles. The van der Waals surface area contributed by atoms with Crippen LogP contribution in [-0.2, 0) is 0 Å². The lowest BCUT2D eigenvalue weighted by Gasteiger charge is -2.19. The summed E-state index contributed by atoms with van der Waals surface area (Å²) in [4.78, 5) is 0. The summed E-state index contributed by atoms with van der Waals surface area (Å²) in [5.41, 5.74) is 0.765. The first-order valence-corrected chi connectivity index (χ1v) is 8.39. The minimum absolute atomic E-state index is 0.0963. The average Bonchev–Trinajstić information content (AvgIpc) is 2.37. The van der Waals surface area contributed by atoms with Crippen molar-refractivity contribution in [3.63, 3.8) is 0 Å². The third-order valence-electron chi connectivity index (χ3n) is 2.61. The summed E-state index contributed by atoms with van der Waals surface area (Å²) < 4.78 is 14.8. The van der Waals surface area contributed by atoms with Crippen LogP contribution in [0.5, 0.6) is 0 Å². The highest BCUT2D eigenvalue weighted by molar-refractivity contribution is 9.10. The van der Waals surface area contributed by atoms with Gasteiger partial charge in [0.25, 0.3) is 0 Å². The van der Waals surface area contributed by atoms with Gasteiger partial charge < -0.3 is 5.32 Å². The Balaban J connectivity index is 2.75. The second-order valence-corrected chi connectivity index (χ2v) is 6.31. The Kier molecular flexibility index (Phi) is 7.95. The van der Waals surface area contributed by atoms with E-state index in [4.69, 9.17) is 0 Å². The Morgan fingerprint density at radius 1 is 1.33 bits per heavy atom. The van der Waals surface area contributed by atoms with Gasteiger partial charge in [-0.1, -0.05) is 29.8 Å². The van der Waals surface area contributed by atoms with Gasteiger partial charge in [0.1, 0.15) is 5.82 Å². The van der Waals surface area contributed by atoms with Crippen molar-refractivity contribution in [2.75, 3.05) is 18.1 Å². The first-order valence-electron chi connectivity index (χ1n) is 6.45. The van der Waals surface area contributed by atoms with Crippen LogP contribution in [0.1, 0.15) is 38.3 Å². The summed E-state index contributed by atoms with van der Waals surface area (Å²) in [6.07, 6.45) is 2.22. The minimum atomic E-state index is -0.121. The highest BCUT2D eigenvalue weighted by Gasteiger charge is 2.15. The van der Waals surface area contributed by atoms with Gasteiger partial charge in [-0.15, -0.1) is 0 Å². The minimum Gasteiger partial charge on any atom is -0.309 e. The van der Waals surface area contributed by atoms with Gasteiger partial charge in [-0.25, -0.2) is 4.39 Å². The standard InChI is InChI=1S/C14H21BrFNS/c1-3-7-17-14(10-18-8-4-2)12-9-11(15)5-6-13(12)16/h5-6,9,14,17H,3-4,7-8,10H2,1-2H3. The number of rotatable bonds is 8. The maximum absolute atomic E-state index is 13.9. The van der Waals surface area contributed by atoms with Gasteiger partial charge in [0.2, 0.25) is 0 Å². The molecule has 1 nitrogen and oxygen atoms in total. The molecule has 18 heavy (non-hydrogen) atoms. The zero-order chi connectivity index (χ0) is 13.4. The van der Waals surface area contributed by atoms with Crippen molar-refractivity contribution in [3.05, 3.63) is 34.1 Å². The molecule has 1 aromatic rings. The van der Waals surface area contributed by atoms with E-state index in [1.807, 2.05) is 17.8 Å². The van der Waals surface area contributed by atoms with Gasteiger partial charge >= 0.3 is 0 Å². The molecule has 1 unspecified atom stereocenters. The van der Waals surface area contributed by atoms with Crippen LogP contribution in [0, 0.1) is 5.82 Å². The molecule has 1 rings (SSSR count). The van der Waals surface area contributed by atoms with Gasteiger partial charge in [0.15, 0.2) is 0 Å². The highest BCUT2D eigenvalue weighted by Crippen LogP contribution is 2.25. The number of halogens is 2. The molecule has 1 N–H and O–H groups in total. The number of benzene rings is 1. The molecule has 0 aliphatic carbocycles. The van der Waals surface area contributed by atoms with Crippen molar-refractivity contribution in [2.24, 2.45) is 0 Å². The second-order valence-electron chi connectivity index (χ2n) is 4.25. The highest BCUT2D eigenvalue weighted by atomic mass is 79.9. The van der Waals surface area contributed by atoms with Crippen molar-refractivity contribution in [1.82, 2.24) is 5.32 Å². The molecule has 1 aromatic carbocycles. The molecule has 0 amide bonds. The van der Waals surface area contributed by atoms with E-state index in [9.17, 15) is 4.39 Å². The summed E-state index contributed by atoms with van der Waals surface area (Å²) >= 11 is 5.29. The van der Waals surface area contributed by atoms with E-state index in [0.29, 0.717) is 0 Å². The lowest BCUT2D eigenvalue weighted by atomic mass is 10.1. The second kappa shape index (κ2) is 8.94. The van der Waals surface area contributed by atoms with Crippen LogP contribution < -0.4 is 5.32 Å². The molecule has 1 atom stereocenters. The van der Waals surface area contributed by atoms with Gasteiger partial charge in [-0.2, -0.15) is 11.8 Å². The van der Waals surface area contributed by atoms with E-state index in [1.54, 1.807) is 6.07 Å². The Hall–Kier alpha value is -0.0600. The lowest BCUT2D eigenvalue weighted by molar-refractivity contribution is 0.532. The Labute approximate surface area is 122 Å². The average molecular weight is 334 g/mol. The lowest BCUT2D eigenvalue weighted by Crippen LogP contribution is -2.25. The van der Waals surface area contributed by atoms with E-state index in [2.05, 4.69) is 35.1 Å². The van der Waals surface area contributed by atoms with Gasteiger partial charge in [0, 0.05) is 21.8 Å². The van der Waals surface area contributed by atoms with Crippen LogP contribution in [0.2, 0.25) is 0 Å². The molecule has 0 saturated heterocycles. The number of nitrogens with one attached hydrogen (secondary N) is 1. The zero-order valence-electron chi connectivity index (χ0n) is 11.0. The Morgan fingerprint density at radius 3 is 2.78 bits per heavy atom. The molecule has 0 spiro atoms. The van der Waals surface area contributed by atoms with E-state index < -0.39 is 0 Å². The predicted octanol–water partition coefficient (Wildman–Crippen LogP) is 4.77. The van der Waals surface area contributed by atoms with Crippen LogP contribution >= 0.6 is 27.7 Å². The maximum atomic E-state index is 13.9. The molecular formula is C14H21BrFNS. The smallest absolute Gasteiger partial charge is 0.128 e. The molecule has 0 heterocycles. The van der Waals surface area contributed by atoms with Gasteiger partial charge in [-0.05, 0) is 43.3 Å². The fourth-order valence-corrected chi connectivity index (χ4v) is 3.07. The predicted molar refractivity (Wildman–Crippen MR) is 82.8 cm³/mol. The number of hydrogen-bond acceptors (Lipinski definition) is 2. The third kappa shape index (κ3) is 5.29. The summed E-state index contributed by atoms with van der Waals surface area (Å²) in [5, 5.41) is 3.43. The normalized spacial score (nSPS) is 12.7. The summed E-state index contributed by atoms with van der Waals surface area (Å²) in [6.45, 7) is 5.21. The quantitative estimate of drug-likeness (QED) is 0.687. The van der Waals surface area contributed by atoms with E-state index >= 15 is 0 Å². The fourth-order valence-electron chi connectivity index (χ4n) is 1.70. The number of thioether (sulfide) groups is 1. The molecule has 0 aliphatic rings. The van der Waals surface area contributed by atoms with Crippen molar-refractivity contribution in [1.29, 1.82) is 0 Å². The Bertz CT molecular complexity index is 360. The SMILES string of the molecule is CCCNC(CSCCC)c1cc(Br)ccc1F. The molecule has 0 saturated carbocycles. The largest absolute Gasteiger partial charge is 0.309 e. The topological polar surface area (TPSA) is 12.0 Å². The van der Waals surface area contributed by atoms with Crippen molar-refractivity contribution in [3.8, 4) is 0 Å². The van der Waals surface area contributed by atoms with Crippen LogP contribution in [0.3, 0.4) is 0 Å². The van der Waals surface area contributed by atoms with Crippen LogP contribution in [0.25, 0.3) is 0 Å². The monoisotopic (exact) mass is 333 g/mol. The fraction of sp³-hybridized carbons (Fsp3) is 0.571. The molecule has 0 bridgehead atoms. The van der Waals surface area contributed by atoms with Gasteiger partial charge in [0.05, 0.1) is 0 Å². The number of hydrogen-bond donors (Lipinski definition) is 1. The summed E-state index contributed by atoms with van der Waals surface area (Å²) in [6, 6.07) is 5.26. The molecule has 102 valence electrons. The molecule has 0 radical (unpaired) electrons. The first-order chi connectivity index (χ1) is 8.69. The van der Waals surface area contributed by atoms with E-state index in [-0.39, 0.29) is 11.9 Å². The van der Waals surface area contributed by atoms with Crippen LogP contribution in [0.15, 0.2) is 22.7 Å². The van der Waals surface area contributed by atoms with E-state index in [1.165, 1.54) is 6.07 Å². The summed E-state index contributed by atoms with van der Waals surface area (Å²) in [7, 11) is 0. The third-order valence-corrected chi connectivity index (χ3v) is 4.37. The molecule has 4 heteroatoms. The first kappa shape index (κ1) is 16.0. The van der Waals surface area contributed by atoms with Crippen molar-refractivity contribution in [2.45, 2.75) is 32.7 Å². The summed E-state index contributed by atoms with van der Waals surface area (Å²) in [5.74, 6) is 1.92. The van der Waals surface area contributed by atoms with Crippen LogP contribution in [-0.4, -0.2) is 18.1 Å². The van der Waals surface area contributed by atoms with Crippen molar-refractivity contribution >= 4 is 27.7 Å². The van der Waals surface area contributed by atoms with Gasteiger partial charge in [-0.3, -0.25) is 0 Å². The Morgan fingerprint density at radius 2 is 2.11 bits per heavy atom.